The predicted octanol–water partition coefficient (Wildman–Crippen LogP) is 5.08. The molecule has 8 heteroatoms. The standard InChI is InChI=1S/C19H18ClFN4O2/c1-11-7-18(24-15-10-16(26-2)14(20)9-17(15)27-3)25-19(22-11)23-13-6-4-5-12(21)8-13/h4-10H,1-3H3,(H2,22,23,24,25). The second-order valence-electron chi connectivity index (χ2n) is 5.67. The summed E-state index contributed by atoms with van der Waals surface area (Å²) >= 11 is 6.14. The van der Waals surface area contributed by atoms with Crippen LogP contribution < -0.4 is 20.1 Å². The van der Waals surface area contributed by atoms with Gasteiger partial charge in [0.05, 0.1) is 24.9 Å². The van der Waals surface area contributed by atoms with E-state index in [0.29, 0.717) is 39.7 Å². The maximum absolute atomic E-state index is 13.4. The molecule has 0 aliphatic rings. The molecule has 2 aromatic carbocycles. The Labute approximate surface area is 161 Å². The number of ether oxygens (including phenoxy) is 2. The third-order valence-corrected chi connectivity index (χ3v) is 3.97. The molecule has 27 heavy (non-hydrogen) atoms. The Balaban J connectivity index is 1.91. The zero-order valence-corrected chi connectivity index (χ0v) is 15.8. The largest absolute Gasteiger partial charge is 0.495 e. The summed E-state index contributed by atoms with van der Waals surface area (Å²) in [6.07, 6.45) is 0. The molecule has 3 rings (SSSR count). The van der Waals surface area contributed by atoms with Crippen molar-refractivity contribution >= 4 is 34.7 Å². The molecule has 1 aromatic heterocycles. The molecule has 140 valence electrons. The van der Waals surface area contributed by atoms with Crippen LogP contribution in [0.25, 0.3) is 0 Å². The highest BCUT2D eigenvalue weighted by Gasteiger charge is 2.12. The lowest BCUT2D eigenvalue weighted by Gasteiger charge is -2.14. The second kappa shape index (κ2) is 8.09. The SMILES string of the molecule is COc1cc(Nc2cc(C)nc(Nc3cccc(F)c3)n2)c(OC)cc1Cl. The number of anilines is 4. The molecule has 0 aliphatic carbocycles. The minimum Gasteiger partial charge on any atom is -0.495 e. The van der Waals surface area contributed by atoms with Crippen LogP contribution in [0.5, 0.6) is 11.5 Å². The van der Waals surface area contributed by atoms with Crippen LogP contribution in [0.1, 0.15) is 5.69 Å². The van der Waals surface area contributed by atoms with Crippen LogP contribution in [-0.2, 0) is 0 Å². The topological polar surface area (TPSA) is 68.3 Å². The first-order valence-electron chi connectivity index (χ1n) is 8.05. The molecule has 0 saturated heterocycles. The average Bonchev–Trinajstić information content (AvgIpc) is 2.62. The normalized spacial score (nSPS) is 10.4. The second-order valence-corrected chi connectivity index (χ2v) is 6.07. The van der Waals surface area contributed by atoms with Crippen LogP contribution in [0.15, 0.2) is 42.5 Å². The number of nitrogens with zero attached hydrogens (tertiary/aromatic N) is 2. The molecule has 2 N–H and O–H groups in total. The number of benzene rings is 2. The summed E-state index contributed by atoms with van der Waals surface area (Å²) in [5, 5.41) is 6.60. The summed E-state index contributed by atoms with van der Waals surface area (Å²) in [6, 6.07) is 11.2. The quantitative estimate of drug-likeness (QED) is 0.613. The van der Waals surface area contributed by atoms with E-state index in [1.165, 1.54) is 19.2 Å². The molecular weight excluding hydrogens is 371 g/mol. The molecule has 0 atom stereocenters. The molecule has 0 unspecified atom stereocenters. The van der Waals surface area contributed by atoms with Crippen LogP contribution in [0.2, 0.25) is 5.02 Å². The Morgan fingerprint density at radius 3 is 2.44 bits per heavy atom. The lowest BCUT2D eigenvalue weighted by atomic mass is 10.2. The number of aryl methyl sites for hydroxylation is 1. The van der Waals surface area contributed by atoms with Crippen molar-refractivity contribution < 1.29 is 13.9 Å². The molecule has 6 nitrogen and oxygen atoms in total. The Hall–Kier alpha value is -3.06. The van der Waals surface area contributed by atoms with Crippen molar-refractivity contribution in [3.63, 3.8) is 0 Å². The number of methoxy groups -OCH3 is 2. The molecule has 0 bridgehead atoms. The van der Waals surface area contributed by atoms with Gasteiger partial charge in [-0.2, -0.15) is 4.98 Å². The van der Waals surface area contributed by atoms with Crippen LogP contribution in [0, 0.1) is 12.7 Å². The molecule has 0 saturated carbocycles. The van der Waals surface area contributed by atoms with Gasteiger partial charge in [0, 0.05) is 29.6 Å². The van der Waals surface area contributed by atoms with Crippen molar-refractivity contribution in [2.45, 2.75) is 6.92 Å². The highest BCUT2D eigenvalue weighted by Crippen LogP contribution is 2.37. The monoisotopic (exact) mass is 388 g/mol. The first-order chi connectivity index (χ1) is 13.0. The number of nitrogens with one attached hydrogen (secondary N) is 2. The molecule has 0 amide bonds. The smallest absolute Gasteiger partial charge is 0.229 e. The van der Waals surface area contributed by atoms with Crippen LogP contribution >= 0.6 is 11.6 Å². The van der Waals surface area contributed by atoms with E-state index >= 15 is 0 Å². The van der Waals surface area contributed by atoms with Crippen molar-refractivity contribution in [2.75, 3.05) is 24.9 Å². The van der Waals surface area contributed by atoms with Crippen LogP contribution in [0.3, 0.4) is 0 Å². The minimum atomic E-state index is -0.344. The van der Waals surface area contributed by atoms with Gasteiger partial charge in [-0.15, -0.1) is 0 Å². The van der Waals surface area contributed by atoms with E-state index in [1.54, 1.807) is 37.4 Å². The maximum atomic E-state index is 13.4. The van der Waals surface area contributed by atoms with E-state index in [1.807, 2.05) is 6.92 Å². The number of hydrogen-bond acceptors (Lipinski definition) is 6. The third-order valence-electron chi connectivity index (χ3n) is 3.67. The number of rotatable bonds is 6. The molecule has 3 aromatic rings. The summed E-state index contributed by atoms with van der Waals surface area (Å²) in [6.45, 7) is 1.84. The molecule has 0 fully saturated rings. The first-order valence-corrected chi connectivity index (χ1v) is 8.43. The Bertz CT molecular complexity index is 968. The van der Waals surface area contributed by atoms with Gasteiger partial charge in [-0.25, -0.2) is 9.37 Å². The molecule has 0 aliphatic heterocycles. The molecular formula is C19H18ClFN4O2. The van der Waals surface area contributed by atoms with Gasteiger partial charge in [-0.3, -0.25) is 0 Å². The van der Waals surface area contributed by atoms with Gasteiger partial charge < -0.3 is 20.1 Å². The van der Waals surface area contributed by atoms with Crippen molar-refractivity contribution in [3.05, 3.63) is 59.0 Å². The Morgan fingerprint density at radius 2 is 1.74 bits per heavy atom. The third kappa shape index (κ3) is 4.57. The fourth-order valence-corrected chi connectivity index (χ4v) is 2.71. The van der Waals surface area contributed by atoms with E-state index in [4.69, 9.17) is 21.1 Å². The van der Waals surface area contributed by atoms with Crippen LogP contribution in [-0.4, -0.2) is 24.2 Å². The Kier molecular flexibility index (Phi) is 5.61. The summed E-state index contributed by atoms with van der Waals surface area (Å²) in [5.74, 6) is 1.57. The van der Waals surface area contributed by atoms with E-state index in [0.717, 1.165) is 5.69 Å². The lowest BCUT2D eigenvalue weighted by Crippen LogP contribution is -2.03. The number of aromatic nitrogens is 2. The van der Waals surface area contributed by atoms with Crippen LogP contribution in [0.4, 0.5) is 27.5 Å². The van der Waals surface area contributed by atoms with Crippen molar-refractivity contribution in [1.29, 1.82) is 0 Å². The van der Waals surface area contributed by atoms with Gasteiger partial charge in [-0.1, -0.05) is 17.7 Å². The van der Waals surface area contributed by atoms with Gasteiger partial charge in [0.1, 0.15) is 23.1 Å². The summed E-state index contributed by atoms with van der Waals surface area (Å²) in [7, 11) is 3.08. The van der Waals surface area contributed by atoms with Gasteiger partial charge >= 0.3 is 0 Å². The maximum Gasteiger partial charge on any atom is 0.229 e. The highest BCUT2D eigenvalue weighted by molar-refractivity contribution is 6.32. The summed E-state index contributed by atoms with van der Waals surface area (Å²) in [5.41, 5.74) is 1.91. The zero-order valence-electron chi connectivity index (χ0n) is 15.0. The number of hydrogen-bond donors (Lipinski definition) is 2. The van der Waals surface area contributed by atoms with Crippen molar-refractivity contribution in [3.8, 4) is 11.5 Å². The van der Waals surface area contributed by atoms with Gasteiger partial charge in [0.25, 0.3) is 0 Å². The summed E-state index contributed by atoms with van der Waals surface area (Å²) in [4.78, 5) is 8.75. The van der Waals surface area contributed by atoms with E-state index in [9.17, 15) is 4.39 Å². The molecule has 0 radical (unpaired) electrons. The first kappa shape index (κ1) is 18.7. The number of halogens is 2. The van der Waals surface area contributed by atoms with E-state index < -0.39 is 0 Å². The fraction of sp³-hybridized carbons (Fsp3) is 0.158. The van der Waals surface area contributed by atoms with Crippen molar-refractivity contribution in [2.24, 2.45) is 0 Å². The minimum absolute atomic E-state index is 0.336. The predicted molar refractivity (Wildman–Crippen MR) is 104 cm³/mol. The Morgan fingerprint density at radius 1 is 0.963 bits per heavy atom. The average molecular weight is 389 g/mol. The zero-order chi connectivity index (χ0) is 19.4. The van der Waals surface area contributed by atoms with Gasteiger partial charge in [0.15, 0.2) is 0 Å². The van der Waals surface area contributed by atoms with Crippen molar-refractivity contribution in [1.82, 2.24) is 9.97 Å². The molecule has 0 spiro atoms. The van der Waals surface area contributed by atoms with E-state index in [-0.39, 0.29) is 5.82 Å². The lowest BCUT2D eigenvalue weighted by molar-refractivity contribution is 0.405. The van der Waals surface area contributed by atoms with Gasteiger partial charge in [0.2, 0.25) is 5.95 Å². The fourth-order valence-electron chi connectivity index (χ4n) is 2.48. The molecule has 1 heterocycles. The summed E-state index contributed by atoms with van der Waals surface area (Å²) < 4.78 is 24.0. The van der Waals surface area contributed by atoms with E-state index in [2.05, 4.69) is 20.6 Å². The van der Waals surface area contributed by atoms with Gasteiger partial charge in [-0.05, 0) is 25.1 Å². The highest BCUT2D eigenvalue weighted by atomic mass is 35.5.